The number of carbonyl (C=O) groups is 1. The van der Waals surface area contributed by atoms with Crippen molar-refractivity contribution in [3.63, 3.8) is 0 Å². The van der Waals surface area contributed by atoms with Crippen molar-refractivity contribution in [3.8, 4) is 11.5 Å². The lowest BCUT2D eigenvalue weighted by molar-refractivity contribution is 0.104. The second kappa shape index (κ2) is 7.29. The molecule has 2 rings (SSSR count). The van der Waals surface area contributed by atoms with Crippen LogP contribution in [0.5, 0.6) is 11.5 Å². The van der Waals surface area contributed by atoms with E-state index in [1.54, 1.807) is 37.5 Å². The van der Waals surface area contributed by atoms with Gasteiger partial charge in [-0.05, 0) is 36.8 Å². The molecule has 0 radical (unpaired) electrons. The lowest BCUT2D eigenvalue weighted by Crippen LogP contribution is -2.01. The topological polar surface area (TPSA) is 35.5 Å². The van der Waals surface area contributed by atoms with Crippen molar-refractivity contribution in [2.45, 2.75) is 6.92 Å². The first-order valence-electron chi connectivity index (χ1n) is 6.83. The first-order chi connectivity index (χ1) is 10.2. The van der Waals surface area contributed by atoms with E-state index in [9.17, 15) is 4.79 Å². The molecule has 0 aliphatic rings. The third kappa shape index (κ3) is 3.96. The van der Waals surface area contributed by atoms with Gasteiger partial charge in [-0.3, -0.25) is 4.79 Å². The van der Waals surface area contributed by atoms with Gasteiger partial charge >= 0.3 is 0 Å². The molecule has 0 saturated heterocycles. The van der Waals surface area contributed by atoms with Gasteiger partial charge < -0.3 is 9.47 Å². The molecule has 0 bridgehead atoms. The maximum Gasteiger partial charge on any atom is 0.189 e. The minimum absolute atomic E-state index is 0.114. The van der Waals surface area contributed by atoms with Gasteiger partial charge in [-0.2, -0.15) is 0 Å². The molecule has 2 aromatic rings. The van der Waals surface area contributed by atoms with E-state index in [0.29, 0.717) is 23.7 Å². The predicted octanol–water partition coefficient (Wildman–Crippen LogP) is 3.99. The van der Waals surface area contributed by atoms with Crippen LogP contribution in [0.15, 0.2) is 54.6 Å². The van der Waals surface area contributed by atoms with E-state index in [2.05, 4.69) is 0 Å². The molecular formula is C18H18O3. The third-order valence-electron chi connectivity index (χ3n) is 2.97. The van der Waals surface area contributed by atoms with Crippen LogP contribution in [0.3, 0.4) is 0 Å². The van der Waals surface area contributed by atoms with E-state index >= 15 is 0 Å². The van der Waals surface area contributed by atoms with Crippen molar-refractivity contribution >= 4 is 11.9 Å². The second-order valence-electron chi connectivity index (χ2n) is 4.40. The molecule has 108 valence electrons. The van der Waals surface area contributed by atoms with Gasteiger partial charge in [-0.1, -0.05) is 36.4 Å². The Kier molecular flexibility index (Phi) is 5.16. The molecule has 0 fully saturated rings. The lowest BCUT2D eigenvalue weighted by Gasteiger charge is -2.09. The molecule has 0 N–H and O–H groups in total. The first kappa shape index (κ1) is 14.9. The van der Waals surface area contributed by atoms with Crippen molar-refractivity contribution in [1.29, 1.82) is 0 Å². The van der Waals surface area contributed by atoms with Crippen LogP contribution in [0, 0.1) is 0 Å². The molecule has 0 heterocycles. The summed E-state index contributed by atoms with van der Waals surface area (Å²) in [4.78, 5) is 12.3. The van der Waals surface area contributed by atoms with Crippen molar-refractivity contribution in [2.75, 3.05) is 13.7 Å². The zero-order valence-electron chi connectivity index (χ0n) is 12.2. The Morgan fingerprint density at radius 2 is 1.90 bits per heavy atom. The highest BCUT2D eigenvalue weighted by Gasteiger charge is 2.11. The van der Waals surface area contributed by atoms with Gasteiger partial charge in [0.1, 0.15) is 11.5 Å². The molecule has 0 amide bonds. The van der Waals surface area contributed by atoms with Crippen molar-refractivity contribution in [1.82, 2.24) is 0 Å². The summed E-state index contributed by atoms with van der Waals surface area (Å²) in [7, 11) is 1.55. The lowest BCUT2D eigenvalue weighted by atomic mass is 10.1. The van der Waals surface area contributed by atoms with Gasteiger partial charge in [0.2, 0.25) is 0 Å². The quantitative estimate of drug-likeness (QED) is 0.593. The molecule has 0 aliphatic heterocycles. The van der Waals surface area contributed by atoms with E-state index in [1.165, 1.54) is 0 Å². The Hall–Kier alpha value is -2.55. The fourth-order valence-electron chi connectivity index (χ4n) is 1.96. The summed E-state index contributed by atoms with van der Waals surface area (Å²) >= 11 is 0. The van der Waals surface area contributed by atoms with Crippen molar-refractivity contribution in [2.24, 2.45) is 0 Å². The zero-order valence-corrected chi connectivity index (χ0v) is 12.2. The number of allylic oxidation sites excluding steroid dienone is 1. The van der Waals surface area contributed by atoms with Crippen LogP contribution in [0.4, 0.5) is 0 Å². The number of ketones is 1. The average Bonchev–Trinajstić information content (AvgIpc) is 2.54. The van der Waals surface area contributed by atoms with E-state index in [-0.39, 0.29) is 5.78 Å². The summed E-state index contributed by atoms with van der Waals surface area (Å²) in [6, 6.07) is 14.9. The maximum absolute atomic E-state index is 12.3. The number of rotatable bonds is 6. The van der Waals surface area contributed by atoms with Gasteiger partial charge in [0.25, 0.3) is 0 Å². The summed E-state index contributed by atoms with van der Waals surface area (Å²) in [5, 5.41) is 0. The molecule has 0 aliphatic carbocycles. The standard InChI is InChI=1S/C18H18O3/c1-3-21-15-10-12-18(20-2)16(13-15)17(19)11-9-14-7-5-4-6-8-14/h4-13H,3H2,1-2H3/b11-9+. The minimum atomic E-state index is -0.114. The van der Waals surface area contributed by atoms with Crippen molar-refractivity contribution in [3.05, 3.63) is 65.7 Å². The molecular weight excluding hydrogens is 264 g/mol. The smallest absolute Gasteiger partial charge is 0.189 e. The van der Waals surface area contributed by atoms with Gasteiger partial charge in [-0.15, -0.1) is 0 Å². The van der Waals surface area contributed by atoms with Crippen LogP contribution >= 0.6 is 0 Å². The van der Waals surface area contributed by atoms with Crippen LogP contribution in [-0.2, 0) is 0 Å². The fraction of sp³-hybridized carbons (Fsp3) is 0.167. The maximum atomic E-state index is 12.3. The largest absolute Gasteiger partial charge is 0.496 e. The Balaban J connectivity index is 2.25. The van der Waals surface area contributed by atoms with E-state index in [4.69, 9.17) is 9.47 Å². The van der Waals surface area contributed by atoms with Crippen molar-refractivity contribution < 1.29 is 14.3 Å². The summed E-state index contributed by atoms with van der Waals surface area (Å²) in [5.74, 6) is 1.09. The number of carbonyl (C=O) groups excluding carboxylic acids is 1. The van der Waals surface area contributed by atoms with Gasteiger partial charge in [0, 0.05) is 0 Å². The van der Waals surface area contributed by atoms with Crippen LogP contribution in [-0.4, -0.2) is 19.5 Å². The number of benzene rings is 2. The molecule has 21 heavy (non-hydrogen) atoms. The van der Waals surface area contributed by atoms with Gasteiger partial charge in [0.15, 0.2) is 5.78 Å². The summed E-state index contributed by atoms with van der Waals surface area (Å²) in [6.07, 6.45) is 3.33. The molecule has 0 saturated carbocycles. The summed E-state index contributed by atoms with van der Waals surface area (Å²) in [6.45, 7) is 2.46. The molecule has 3 heteroatoms. The molecule has 0 unspecified atom stereocenters. The van der Waals surface area contributed by atoms with Gasteiger partial charge in [-0.25, -0.2) is 0 Å². The van der Waals surface area contributed by atoms with Gasteiger partial charge in [0.05, 0.1) is 19.3 Å². The van der Waals surface area contributed by atoms with Crippen LogP contribution in [0.1, 0.15) is 22.8 Å². The third-order valence-corrected chi connectivity index (χ3v) is 2.97. The predicted molar refractivity (Wildman–Crippen MR) is 84.0 cm³/mol. The zero-order chi connectivity index (χ0) is 15.1. The van der Waals surface area contributed by atoms with E-state index in [0.717, 1.165) is 5.56 Å². The molecule has 0 spiro atoms. The Labute approximate surface area is 124 Å². The number of methoxy groups -OCH3 is 1. The highest BCUT2D eigenvalue weighted by atomic mass is 16.5. The summed E-state index contributed by atoms with van der Waals surface area (Å²) < 4.78 is 10.7. The Bertz CT molecular complexity index is 630. The normalized spacial score (nSPS) is 10.6. The monoisotopic (exact) mass is 282 g/mol. The Morgan fingerprint density at radius 1 is 1.14 bits per heavy atom. The number of hydrogen-bond acceptors (Lipinski definition) is 3. The van der Waals surface area contributed by atoms with E-state index in [1.807, 2.05) is 37.3 Å². The Morgan fingerprint density at radius 3 is 2.57 bits per heavy atom. The number of hydrogen-bond donors (Lipinski definition) is 0. The SMILES string of the molecule is CCOc1ccc(OC)c(C(=O)/C=C/c2ccccc2)c1. The first-order valence-corrected chi connectivity index (χ1v) is 6.83. The molecule has 0 aromatic heterocycles. The highest BCUT2D eigenvalue weighted by molar-refractivity contribution is 6.08. The number of ether oxygens (including phenoxy) is 2. The second-order valence-corrected chi connectivity index (χ2v) is 4.40. The fourth-order valence-corrected chi connectivity index (χ4v) is 1.96. The minimum Gasteiger partial charge on any atom is -0.496 e. The summed E-state index contributed by atoms with van der Waals surface area (Å²) in [5.41, 5.74) is 1.47. The molecule has 2 aromatic carbocycles. The van der Waals surface area contributed by atoms with Crippen LogP contribution < -0.4 is 9.47 Å². The molecule has 3 nitrogen and oxygen atoms in total. The van der Waals surface area contributed by atoms with Crippen LogP contribution in [0.25, 0.3) is 6.08 Å². The van der Waals surface area contributed by atoms with E-state index < -0.39 is 0 Å². The average molecular weight is 282 g/mol. The highest BCUT2D eigenvalue weighted by Crippen LogP contribution is 2.25. The molecule has 0 atom stereocenters. The van der Waals surface area contributed by atoms with Crippen LogP contribution in [0.2, 0.25) is 0 Å².